The number of unbranched alkanes of at least 4 members (excludes halogenated alkanes) is 4. The molecule has 0 radical (unpaired) electrons. The molecule has 0 aliphatic heterocycles. The van der Waals surface area contributed by atoms with Crippen molar-refractivity contribution in [3.63, 3.8) is 0 Å². The molecule has 0 spiro atoms. The lowest BCUT2D eigenvalue weighted by Crippen LogP contribution is -2.44. The van der Waals surface area contributed by atoms with Crippen molar-refractivity contribution in [2.24, 2.45) is 5.73 Å². The molecule has 0 heterocycles. The maximum Gasteiger partial charge on any atom is 0.239 e. The van der Waals surface area contributed by atoms with E-state index in [0.29, 0.717) is 13.0 Å². The van der Waals surface area contributed by atoms with Crippen LogP contribution in [-0.2, 0) is 4.79 Å². The van der Waals surface area contributed by atoms with Gasteiger partial charge in [-0.3, -0.25) is 4.79 Å². The van der Waals surface area contributed by atoms with Gasteiger partial charge in [-0.05, 0) is 19.3 Å². The van der Waals surface area contributed by atoms with Gasteiger partial charge < -0.3 is 15.7 Å². The number of aliphatic hydroxyl groups excluding tert-OH is 1. The van der Waals surface area contributed by atoms with Crippen molar-refractivity contribution in [1.82, 2.24) is 4.90 Å². The first-order chi connectivity index (χ1) is 9.17. The van der Waals surface area contributed by atoms with Crippen molar-refractivity contribution in [1.29, 1.82) is 0 Å². The second-order valence-electron chi connectivity index (χ2n) is 5.21. The second kappa shape index (κ2) is 12.4. The zero-order valence-electron chi connectivity index (χ0n) is 12.7. The normalized spacial score (nSPS) is 12.4. The first kappa shape index (κ1) is 18.4. The highest BCUT2D eigenvalue weighted by molar-refractivity contribution is 5.81. The molecule has 0 aromatic heterocycles. The Bertz CT molecular complexity index is 222. The topological polar surface area (TPSA) is 66.6 Å². The van der Waals surface area contributed by atoms with E-state index >= 15 is 0 Å². The summed E-state index contributed by atoms with van der Waals surface area (Å²) in [7, 11) is 0. The minimum Gasteiger partial charge on any atom is -0.396 e. The van der Waals surface area contributed by atoms with Crippen LogP contribution in [0.1, 0.15) is 65.2 Å². The van der Waals surface area contributed by atoms with E-state index in [9.17, 15) is 4.79 Å². The molecule has 114 valence electrons. The molecule has 4 heteroatoms. The molecule has 0 aromatic carbocycles. The molecule has 3 N–H and O–H groups in total. The van der Waals surface area contributed by atoms with Gasteiger partial charge in [-0.1, -0.05) is 46.0 Å². The summed E-state index contributed by atoms with van der Waals surface area (Å²) in [5.41, 5.74) is 5.90. The fourth-order valence-electron chi connectivity index (χ4n) is 2.17. The molecule has 4 nitrogen and oxygen atoms in total. The summed E-state index contributed by atoms with van der Waals surface area (Å²) in [6.07, 6.45) is 8.24. The van der Waals surface area contributed by atoms with Crippen LogP contribution in [-0.4, -0.2) is 41.7 Å². The molecule has 0 aliphatic rings. The van der Waals surface area contributed by atoms with Crippen LogP contribution in [0.4, 0.5) is 0 Å². The fraction of sp³-hybridized carbons (Fsp3) is 0.933. The average molecular weight is 272 g/mol. The lowest BCUT2D eigenvalue weighted by Gasteiger charge is -2.25. The number of hydrogen-bond acceptors (Lipinski definition) is 3. The van der Waals surface area contributed by atoms with E-state index in [2.05, 4.69) is 6.92 Å². The van der Waals surface area contributed by atoms with Gasteiger partial charge in [-0.2, -0.15) is 0 Å². The number of nitrogens with two attached hydrogens (primary N) is 1. The van der Waals surface area contributed by atoms with Gasteiger partial charge in [0.15, 0.2) is 0 Å². The smallest absolute Gasteiger partial charge is 0.239 e. The van der Waals surface area contributed by atoms with Crippen LogP contribution in [0.3, 0.4) is 0 Å². The van der Waals surface area contributed by atoms with Crippen LogP contribution in [0, 0.1) is 0 Å². The van der Waals surface area contributed by atoms with Crippen molar-refractivity contribution in [3.05, 3.63) is 0 Å². The van der Waals surface area contributed by atoms with E-state index in [1.165, 1.54) is 25.7 Å². The Morgan fingerprint density at radius 2 is 1.68 bits per heavy atom. The predicted molar refractivity (Wildman–Crippen MR) is 79.9 cm³/mol. The molecule has 0 saturated carbocycles. The van der Waals surface area contributed by atoms with E-state index in [-0.39, 0.29) is 18.6 Å². The van der Waals surface area contributed by atoms with Crippen LogP contribution < -0.4 is 5.73 Å². The van der Waals surface area contributed by atoms with Crippen molar-refractivity contribution < 1.29 is 9.90 Å². The summed E-state index contributed by atoms with van der Waals surface area (Å²) >= 11 is 0. The van der Waals surface area contributed by atoms with Crippen molar-refractivity contribution >= 4 is 5.91 Å². The van der Waals surface area contributed by atoms with Gasteiger partial charge in [0.05, 0.1) is 6.04 Å². The van der Waals surface area contributed by atoms with Gasteiger partial charge in [0.1, 0.15) is 0 Å². The van der Waals surface area contributed by atoms with Crippen molar-refractivity contribution in [3.8, 4) is 0 Å². The van der Waals surface area contributed by atoms with E-state index in [4.69, 9.17) is 10.8 Å². The third-order valence-corrected chi connectivity index (χ3v) is 3.35. The maximum atomic E-state index is 12.2. The molecule has 1 amide bonds. The summed E-state index contributed by atoms with van der Waals surface area (Å²) in [5, 5.41) is 8.91. The maximum absolute atomic E-state index is 12.2. The number of carbonyl (C=O) groups is 1. The minimum absolute atomic E-state index is 0.0470. The average Bonchev–Trinajstić information content (AvgIpc) is 2.41. The first-order valence-electron chi connectivity index (χ1n) is 7.82. The highest BCUT2D eigenvalue weighted by Gasteiger charge is 2.19. The van der Waals surface area contributed by atoms with E-state index < -0.39 is 0 Å². The lowest BCUT2D eigenvalue weighted by molar-refractivity contribution is -0.133. The van der Waals surface area contributed by atoms with Gasteiger partial charge in [0.25, 0.3) is 0 Å². The highest BCUT2D eigenvalue weighted by atomic mass is 16.3. The van der Waals surface area contributed by atoms with Crippen LogP contribution in [0.5, 0.6) is 0 Å². The third kappa shape index (κ3) is 9.00. The summed E-state index contributed by atoms with van der Waals surface area (Å²) in [5.74, 6) is 0.0470. The van der Waals surface area contributed by atoms with Gasteiger partial charge in [0, 0.05) is 19.7 Å². The zero-order chi connectivity index (χ0) is 14.5. The Morgan fingerprint density at radius 1 is 1.05 bits per heavy atom. The Morgan fingerprint density at radius 3 is 2.26 bits per heavy atom. The van der Waals surface area contributed by atoms with Gasteiger partial charge in [0.2, 0.25) is 5.91 Å². The molecular weight excluding hydrogens is 240 g/mol. The van der Waals surface area contributed by atoms with E-state index in [1.807, 2.05) is 11.8 Å². The molecule has 19 heavy (non-hydrogen) atoms. The largest absolute Gasteiger partial charge is 0.396 e. The summed E-state index contributed by atoms with van der Waals surface area (Å²) in [6.45, 7) is 5.76. The first-order valence-corrected chi connectivity index (χ1v) is 7.82. The Hall–Kier alpha value is -0.610. The SMILES string of the molecule is CCCCCCCN(CCCO)C(=O)[C@H](N)CCC. The predicted octanol–water partition coefficient (Wildman–Crippen LogP) is 2.30. The number of aliphatic hydroxyl groups is 1. The molecule has 0 aliphatic carbocycles. The van der Waals surface area contributed by atoms with Crippen LogP contribution in [0.2, 0.25) is 0 Å². The van der Waals surface area contributed by atoms with Gasteiger partial charge in [-0.25, -0.2) is 0 Å². The van der Waals surface area contributed by atoms with E-state index in [0.717, 1.165) is 25.8 Å². The summed E-state index contributed by atoms with van der Waals surface area (Å²) < 4.78 is 0. The molecule has 0 fully saturated rings. The minimum atomic E-state index is -0.376. The van der Waals surface area contributed by atoms with Gasteiger partial charge >= 0.3 is 0 Å². The molecular formula is C15H32N2O2. The zero-order valence-corrected chi connectivity index (χ0v) is 12.7. The lowest BCUT2D eigenvalue weighted by atomic mass is 10.1. The monoisotopic (exact) mass is 272 g/mol. The van der Waals surface area contributed by atoms with Crippen LogP contribution in [0.15, 0.2) is 0 Å². The Labute approximate surface area is 118 Å². The third-order valence-electron chi connectivity index (χ3n) is 3.35. The van der Waals surface area contributed by atoms with Crippen molar-refractivity contribution in [2.45, 2.75) is 71.3 Å². The molecule has 0 bridgehead atoms. The van der Waals surface area contributed by atoms with Crippen molar-refractivity contribution in [2.75, 3.05) is 19.7 Å². The Balaban J connectivity index is 4.09. The number of hydrogen-bond donors (Lipinski definition) is 2. The highest BCUT2D eigenvalue weighted by Crippen LogP contribution is 2.07. The summed E-state index contributed by atoms with van der Waals surface area (Å²) in [6, 6.07) is -0.376. The quantitative estimate of drug-likeness (QED) is 0.536. The molecule has 1 atom stereocenters. The van der Waals surface area contributed by atoms with Gasteiger partial charge in [-0.15, -0.1) is 0 Å². The van der Waals surface area contributed by atoms with E-state index in [1.54, 1.807) is 0 Å². The number of carbonyl (C=O) groups excluding carboxylic acids is 1. The van der Waals surface area contributed by atoms with Crippen LogP contribution >= 0.6 is 0 Å². The fourth-order valence-corrected chi connectivity index (χ4v) is 2.17. The molecule has 0 rings (SSSR count). The molecule has 0 saturated heterocycles. The number of rotatable bonds is 12. The molecule has 0 aromatic rings. The Kier molecular flexibility index (Phi) is 12.0. The standard InChI is InChI=1S/C15H32N2O2/c1-3-5-6-7-8-11-17(12-9-13-18)15(19)14(16)10-4-2/h14,18H,3-13,16H2,1-2H3/t14-/m1/s1. The second-order valence-corrected chi connectivity index (χ2v) is 5.21. The summed E-state index contributed by atoms with van der Waals surface area (Å²) in [4.78, 5) is 14.0. The van der Waals surface area contributed by atoms with Crippen LogP contribution in [0.25, 0.3) is 0 Å². The number of nitrogens with zero attached hydrogens (tertiary/aromatic N) is 1. The number of amides is 1. The molecule has 0 unspecified atom stereocenters.